The van der Waals surface area contributed by atoms with Crippen LogP contribution in [0.25, 0.3) is 0 Å². The van der Waals surface area contributed by atoms with Crippen LogP contribution in [0.3, 0.4) is 0 Å². The van der Waals surface area contributed by atoms with E-state index in [-0.39, 0.29) is 5.92 Å². The van der Waals surface area contributed by atoms with Crippen LogP contribution < -0.4 is 0 Å². The summed E-state index contributed by atoms with van der Waals surface area (Å²) >= 11 is 0. The van der Waals surface area contributed by atoms with Gasteiger partial charge >= 0.3 is 0 Å². The molecule has 3 nitrogen and oxygen atoms in total. The maximum absolute atomic E-state index is 8.70. The fourth-order valence-electron chi connectivity index (χ4n) is 1.22. The molecule has 1 atom stereocenters. The monoisotopic (exact) mass is 199 g/mol. The van der Waals surface area contributed by atoms with Crippen molar-refractivity contribution in [2.75, 3.05) is 13.7 Å². The summed E-state index contributed by atoms with van der Waals surface area (Å²) < 4.78 is 5.02. The second kappa shape index (κ2) is 7.56. The summed E-state index contributed by atoms with van der Waals surface area (Å²) in [4.78, 5) is 0. The van der Waals surface area contributed by atoms with Gasteiger partial charge < -0.3 is 9.94 Å². The van der Waals surface area contributed by atoms with E-state index in [0.717, 1.165) is 18.6 Å². The van der Waals surface area contributed by atoms with Crippen molar-refractivity contribution in [3.05, 3.63) is 11.6 Å². The number of methoxy groups -OCH3 is 1. The molecule has 0 aliphatic carbocycles. The Bertz CT molecular complexity index is 205. The standard InChI is InChI=1S/C11H21NO2/c1-9(2)5-6-11(7-8-14-4)10(3)12-13/h5,11,13H,6-8H2,1-4H3. The quantitative estimate of drug-likeness (QED) is 0.309. The highest BCUT2D eigenvalue weighted by atomic mass is 16.5. The lowest BCUT2D eigenvalue weighted by Gasteiger charge is -2.13. The van der Waals surface area contributed by atoms with Crippen molar-refractivity contribution in [3.8, 4) is 0 Å². The molecule has 0 radical (unpaired) electrons. The summed E-state index contributed by atoms with van der Waals surface area (Å²) in [5.74, 6) is 0.287. The van der Waals surface area contributed by atoms with Gasteiger partial charge in [-0.05, 0) is 33.6 Å². The lowest BCUT2D eigenvalue weighted by molar-refractivity contribution is 0.185. The number of hydrogen-bond acceptors (Lipinski definition) is 3. The topological polar surface area (TPSA) is 41.8 Å². The summed E-state index contributed by atoms with van der Waals surface area (Å²) in [6.45, 7) is 6.69. The predicted octanol–water partition coefficient (Wildman–Crippen LogP) is 2.85. The van der Waals surface area contributed by atoms with Crippen LogP contribution in [-0.4, -0.2) is 24.6 Å². The van der Waals surface area contributed by atoms with Crippen LogP contribution in [0.4, 0.5) is 0 Å². The molecule has 0 saturated carbocycles. The van der Waals surface area contributed by atoms with Gasteiger partial charge in [-0.3, -0.25) is 0 Å². The lowest BCUT2D eigenvalue weighted by Crippen LogP contribution is -2.13. The van der Waals surface area contributed by atoms with Crippen molar-refractivity contribution in [2.24, 2.45) is 11.1 Å². The third-order valence-corrected chi connectivity index (χ3v) is 2.23. The Balaban J connectivity index is 4.18. The zero-order valence-electron chi connectivity index (χ0n) is 9.58. The molecule has 0 aromatic heterocycles. The van der Waals surface area contributed by atoms with Crippen molar-refractivity contribution in [3.63, 3.8) is 0 Å². The molecule has 0 aromatic carbocycles. The Kier molecular flexibility index (Phi) is 7.11. The van der Waals surface area contributed by atoms with Gasteiger partial charge in [-0.25, -0.2) is 0 Å². The van der Waals surface area contributed by atoms with Gasteiger partial charge in [0.1, 0.15) is 0 Å². The van der Waals surface area contributed by atoms with Crippen molar-refractivity contribution >= 4 is 5.71 Å². The predicted molar refractivity (Wildman–Crippen MR) is 58.9 cm³/mol. The molecule has 0 saturated heterocycles. The van der Waals surface area contributed by atoms with Crippen LogP contribution in [0, 0.1) is 5.92 Å². The van der Waals surface area contributed by atoms with Gasteiger partial charge in [0.25, 0.3) is 0 Å². The van der Waals surface area contributed by atoms with Crippen molar-refractivity contribution in [1.29, 1.82) is 0 Å². The fourth-order valence-corrected chi connectivity index (χ4v) is 1.22. The van der Waals surface area contributed by atoms with Crippen LogP contribution in [-0.2, 0) is 4.74 Å². The zero-order chi connectivity index (χ0) is 11.0. The Morgan fingerprint density at radius 3 is 2.50 bits per heavy atom. The molecule has 0 heterocycles. The average molecular weight is 199 g/mol. The van der Waals surface area contributed by atoms with E-state index < -0.39 is 0 Å². The smallest absolute Gasteiger partial charge is 0.0574 e. The normalized spacial score (nSPS) is 13.9. The fraction of sp³-hybridized carbons (Fsp3) is 0.727. The highest BCUT2D eigenvalue weighted by Gasteiger charge is 2.10. The van der Waals surface area contributed by atoms with Gasteiger partial charge in [-0.15, -0.1) is 0 Å². The minimum atomic E-state index is 0.287. The van der Waals surface area contributed by atoms with Gasteiger partial charge in [0.15, 0.2) is 0 Å². The first kappa shape index (κ1) is 13.2. The number of ether oxygens (including phenoxy) is 1. The first-order chi connectivity index (χ1) is 6.61. The molecule has 3 heteroatoms. The van der Waals surface area contributed by atoms with Gasteiger partial charge in [0.2, 0.25) is 0 Å². The van der Waals surface area contributed by atoms with Crippen LogP contribution in [0.15, 0.2) is 16.8 Å². The summed E-state index contributed by atoms with van der Waals surface area (Å²) in [5, 5.41) is 11.9. The number of allylic oxidation sites excluding steroid dienone is 2. The van der Waals surface area contributed by atoms with Gasteiger partial charge in [-0.1, -0.05) is 16.8 Å². The highest BCUT2D eigenvalue weighted by molar-refractivity contribution is 5.83. The first-order valence-electron chi connectivity index (χ1n) is 4.92. The van der Waals surface area contributed by atoms with E-state index in [1.807, 2.05) is 6.92 Å². The Labute approximate surface area is 86.5 Å². The minimum absolute atomic E-state index is 0.287. The van der Waals surface area contributed by atoms with Crippen molar-refractivity contribution < 1.29 is 9.94 Å². The molecule has 0 aliphatic rings. The van der Waals surface area contributed by atoms with Crippen molar-refractivity contribution in [2.45, 2.75) is 33.6 Å². The summed E-state index contributed by atoms with van der Waals surface area (Å²) in [5.41, 5.74) is 2.07. The molecule has 0 fully saturated rings. The SMILES string of the molecule is COCCC(CC=C(C)C)C(C)=NO. The molecule has 1 unspecified atom stereocenters. The highest BCUT2D eigenvalue weighted by Crippen LogP contribution is 2.13. The first-order valence-corrected chi connectivity index (χ1v) is 4.92. The Hall–Kier alpha value is -0.830. The molecule has 14 heavy (non-hydrogen) atoms. The molecule has 0 rings (SSSR count). The number of nitrogens with zero attached hydrogens (tertiary/aromatic N) is 1. The molecule has 82 valence electrons. The van der Waals surface area contributed by atoms with E-state index in [1.165, 1.54) is 5.57 Å². The Morgan fingerprint density at radius 2 is 2.07 bits per heavy atom. The van der Waals surface area contributed by atoms with E-state index in [0.29, 0.717) is 6.61 Å². The lowest BCUT2D eigenvalue weighted by atomic mass is 9.96. The molecule has 0 bridgehead atoms. The second-order valence-electron chi connectivity index (χ2n) is 3.74. The summed E-state index contributed by atoms with van der Waals surface area (Å²) in [6.07, 6.45) is 3.98. The second-order valence-corrected chi connectivity index (χ2v) is 3.74. The third kappa shape index (κ3) is 5.75. The molecule has 0 aromatic rings. The molecule has 0 spiro atoms. The number of oxime groups is 1. The van der Waals surface area contributed by atoms with E-state index in [1.54, 1.807) is 7.11 Å². The van der Waals surface area contributed by atoms with Crippen LogP contribution in [0.1, 0.15) is 33.6 Å². The van der Waals surface area contributed by atoms with Crippen LogP contribution >= 0.6 is 0 Å². The van der Waals surface area contributed by atoms with Gasteiger partial charge in [0.05, 0.1) is 5.71 Å². The van der Waals surface area contributed by atoms with Gasteiger partial charge in [0, 0.05) is 19.6 Å². The number of hydrogen-bond donors (Lipinski definition) is 1. The molecular weight excluding hydrogens is 178 g/mol. The largest absolute Gasteiger partial charge is 0.411 e. The Morgan fingerprint density at radius 1 is 1.43 bits per heavy atom. The molecule has 0 aliphatic heterocycles. The van der Waals surface area contributed by atoms with Crippen LogP contribution in [0.5, 0.6) is 0 Å². The molecule has 1 N–H and O–H groups in total. The summed E-state index contributed by atoms with van der Waals surface area (Å²) in [7, 11) is 1.68. The van der Waals surface area contributed by atoms with Gasteiger partial charge in [-0.2, -0.15) is 0 Å². The maximum atomic E-state index is 8.70. The van der Waals surface area contributed by atoms with E-state index >= 15 is 0 Å². The van der Waals surface area contributed by atoms with E-state index in [2.05, 4.69) is 25.1 Å². The van der Waals surface area contributed by atoms with E-state index in [9.17, 15) is 0 Å². The third-order valence-electron chi connectivity index (χ3n) is 2.23. The molecule has 0 amide bonds. The minimum Gasteiger partial charge on any atom is -0.411 e. The number of rotatable bonds is 6. The van der Waals surface area contributed by atoms with E-state index in [4.69, 9.17) is 9.94 Å². The zero-order valence-corrected chi connectivity index (χ0v) is 9.58. The maximum Gasteiger partial charge on any atom is 0.0574 e. The average Bonchev–Trinajstić information content (AvgIpc) is 2.16. The summed E-state index contributed by atoms with van der Waals surface area (Å²) in [6, 6.07) is 0. The van der Waals surface area contributed by atoms with Crippen molar-refractivity contribution in [1.82, 2.24) is 0 Å². The van der Waals surface area contributed by atoms with Crippen LogP contribution in [0.2, 0.25) is 0 Å². The molecular formula is C11H21NO2.